The second kappa shape index (κ2) is 4.05. The zero-order chi connectivity index (χ0) is 11.7. The van der Waals surface area contributed by atoms with E-state index in [1.165, 1.54) is 0 Å². The number of nitrogen functional groups attached to an aromatic ring is 1. The van der Waals surface area contributed by atoms with Crippen molar-refractivity contribution in [2.24, 2.45) is 4.99 Å². The molecule has 1 aliphatic rings. The first kappa shape index (κ1) is 10.8. The molecule has 0 bridgehead atoms. The summed E-state index contributed by atoms with van der Waals surface area (Å²) in [6, 6.07) is 0. The predicted molar refractivity (Wildman–Crippen MR) is 59.6 cm³/mol. The van der Waals surface area contributed by atoms with Gasteiger partial charge in [-0.05, 0) is 6.92 Å². The number of rotatable bonds is 2. The standard InChI is InChI=1S/C10H10N2O3S/c1-2-15-10(14)8-7(11)5-3-4-6(13)12-9(5)16-8/h3H,2,4,11H2,1H3. The van der Waals surface area contributed by atoms with Crippen molar-refractivity contribution in [2.75, 3.05) is 12.3 Å². The summed E-state index contributed by atoms with van der Waals surface area (Å²) < 4.78 is 5.36. The maximum absolute atomic E-state index is 11.5. The first-order chi connectivity index (χ1) is 7.63. The minimum atomic E-state index is -0.463. The Morgan fingerprint density at radius 1 is 1.69 bits per heavy atom. The highest BCUT2D eigenvalue weighted by Crippen LogP contribution is 2.13. The molecule has 1 aromatic rings. The van der Waals surface area contributed by atoms with Crippen molar-refractivity contribution in [3.05, 3.63) is 14.8 Å². The van der Waals surface area contributed by atoms with Crippen LogP contribution in [0.4, 0.5) is 5.69 Å². The van der Waals surface area contributed by atoms with E-state index in [4.69, 9.17) is 10.5 Å². The molecule has 0 aliphatic carbocycles. The highest BCUT2D eigenvalue weighted by molar-refractivity contribution is 7.12. The Labute approximate surface area is 95.2 Å². The molecule has 0 spiro atoms. The molecule has 1 amide bonds. The maximum atomic E-state index is 11.5. The zero-order valence-electron chi connectivity index (χ0n) is 8.65. The fraction of sp³-hybridized carbons (Fsp3) is 0.300. The lowest BCUT2D eigenvalue weighted by molar-refractivity contribution is -0.117. The van der Waals surface area contributed by atoms with Crippen molar-refractivity contribution < 1.29 is 14.3 Å². The largest absolute Gasteiger partial charge is 0.462 e. The fourth-order valence-electron chi connectivity index (χ4n) is 1.42. The average Bonchev–Trinajstić information content (AvgIpc) is 2.56. The van der Waals surface area contributed by atoms with Crippen LogP contribution in [0.25, 0.3) is 6.08 Å². The van der Waals surface area contributed by atoms with E-state index < -0.39 is 5.97 Å². The molecule has 2 N–H and O–H groups in total. The third kappa shape index (κ3) is 1.71. The number of amides is 1. The lowest BCUT2D eigenvalue weighted by Gasteiger charge is -1.98. The van der Waals surface area contributed by atoms with E-state index >= 15 is 0 Å². The minimum Gasteiger partial charge on any atom is -0.462 e. The molecule has 0 fully saturated rings. The van der Waals surface area contributed by atoms with E-state index in [1.54, 1.807) is 13.0 Å². The number of nitrogens with zero attached hydrogens (tertiary/aromatic N) is 1. The second-order valence-electron chi connectivity index (χ2n) is 3.20. The first-order valence-electron chi connectivity index (χ1n) is 4.80. The van der Waals surface area contributed by atoms with Gasteiger partial charge in [0.2, 0.25) is 0 Å². The Morgan fingerprint density at radius 3 is 3.12 bits per heavy atom. The van der Waals surface area contributed by atoms with Gasteiger partial charge in [-0.2, -0.15) is 0 Å². The van der Waals surface area contributed by atoms with Crippen molar-refractivity contribution in [1.82, 2.24) is 0 Å². The Bertz CT molecular complexity index is 574. The number of hydrogen-bond acceptors (Lipinski definition) is 5. The van der Waals surface area contributed by atoms with Crippen LogP contribution in [0.5, 0.6) is 0 Å². The Morgan fingerprint density at radius 2 is 2.44 bits per heavy atom. The van der Waals surface area contributed by atoms with Crippen LogP contribution in [0.3, 0.4) is 0 Å². The molecule has 0 radical (unpaired) electrons. The third-order valence-electron chi connectivity index (χ3n) is 2.13. The van der Waals surface area contributed by atoms with Crippen molar-refractivity contribution in [3.8, 4) is 0 Å². The third-order valence-corrected chi connectivity index (χ3v) is 3.23. The molecule has 5 nitrogen and oxygen atoms in total. The Hall–Kier alpha value is -1.69. The normalized spacial score (nSPS) is 13.7. The van der Waals surface area contributed by atoms with Crippen LogP contribution >= 0.6 is 11.3 Å². The molecule has 2 rings (SSSR count). The number of carbonyl (C=O) groups is 2. The number of nitrogens with two attached hydrogens (primary N) is 1. The molecule has 0 saturated carbocycles. The van der Waals surface area contributed by atoms with Gasteiger partial charge in [0.15, 0.2) is 0 Å². The first-order valence-corrected chi connectivity index (χ1v) is 5.62. The molecule has 1 aromatic heterocycles. The van der Waals surface area contributed by atoms with Gasteiger partial charge in [-0.3, -0.25) is 4.79 Å². The van der Waals surface area contributed by atoms with E-state index in [-0.39, 0.29) is 12.3 Å². The molecule has 1 aliphatic heterocycles. The van der Waals surface area contributed by atoms with Crippen LogP contribution in [-0.4, -0.2) is 18.5 Å². The molecular weight excluding hydrogens is 228 g/mol. The molecular formula is C10H10N2O3S. The molecule has 16 heavy (non-hydrogen) atoms. The van der Waals surface area contributed by atoms with Gasteiger partial charge in [-0.15, -0.1) is 11.3 Å². The molecule has 0 unspecified atom stereocenters. The molecule has 6 heteroatoms. The summed E-state index contributed by atoms with van der Waals surface area (Å²) in [7, 11) is 0. The number of thiophene rings is 1. The number of carbonyl (C=O) groups excluding carboxylic acids is 2. The van der Waals surface area contributed by atoms with Crippen LogP contribution in [-0.2, 0) is 9.53 Å². The fourth-order valence-corrected chi connectivity index (χ4v) is 2.43. The van der Waals surface area contributed by atoms with Crippen LogP contribution in [0.1, 0.15) is 23.0 Å². The van der Waals surface area contributed by atoms with Crippen molar-refractivity contribution in [1.29, 1.82) is 0 Å². The number of fused-ring (bicyclic) bond motifs is 1. The Kier molecular flexibility index (Phi) is 2.74. The monoisotopic (exact) mass is 238 g/mol. The lowest BCUT2D eigenvalue weighted by Crippen LogP contribution is -2.26. The Balaban J connectivity index is 2.56. The number of esters is 1. The van der Waals surface area contributed by atoms with Crippen LogP contribution in [0.2, 0.25) is 0 Å². The topological polar surface area (TPSA) is 81.8 Å². The zero-order valence-corrected chi connectivity index (χ0v) is 9.47. The molecule has 0 saturated heterocycles. The molecule has 84 valence electrons. The van der Waals surface area contributed by atoms with Crippen LogP contribution < -0.4 is 15.6 Å². The van der Waals surface area contributed by atoms with E-state index in [0.717, 1.165) is 11.3 Å². The molecule has 0 aromatic carbocycles. The predicted octanol–water partition coefficient (Wildman–Crippen LogP) is -0.163. The molecule has 2 heterocycles. The average molecular weight is 238 g/mol. The highest BCUT2D eigenvalue weighted by Gasteiger charge is 2.18. The van der Waals surface area contributed by atoms with E-state index in [2.05, 4.69) is 4.99 Å². The van der Waals surface area contributed by atoms with Gasteiger partial charge >= 0.3 is 5.97 Å². The smallest absolute Gasteiger partial charge is 0.350 e. The van der Waals surface area contributed by atoms with Crippen LogP contribution in [0.15, 0.2) is 4.99 Å². The highest BCUT2D eigenvalue weighted by atomic mass is 32.1. The van der Waals surface area contributed by atoms with Crippen molar-refractivity contribution in [3.63, 3.8) is 0 Å². The lowest BCUT2D eigenvalue weighted by atomic mass is 10.2. The van der Waals surface area contributed by atoms with Gasteiger partial charge in [-0.1, -0.05) is 6.08 Å². The van der Waals surface area contributed by atoms with Gasteiger partial charge < -0.3 is 10.5 Å². The van der Waals surface area contributed by atoms with Crippen LogP contribution in [0, 0.1) is 0 Å². The van der Waals surface area contributed by atoms with Crippen molar-refractivity contribution >= 4 is 35.0 Å². The van der Waals surface area contributed by atoms with E-state index in [9.17, 15) is 9.59 Å². The second-order valence-corrected chi connectivity index (χ2v) is 4.20. The van der Waals surface area contributed by atoms with E-state index in [0.29, 0.717) is 27.1 Å². The van der Waals surface area contributed by atoms with Crippen molar-refractivity contribution in [2.45, 2.75) is 13.3 Å². The van der Waals surface area contributed by atoms with Gasteiger partial charge in [-0.25, -0.2) is 9.79 Å². The van der Waals surface area contributed by atoms with Gasteiger partial charge in [0.05, 0.1) is 12.3 Å². The summed E-state index contributed by atoms with van der Waals surface area (Å²) in [5, 5.41) is 0.674. The SMILES string of the molecule is CCOC(=O)c1sc2c(c1N)=CCC(=O)N=2. The number of hydrogen-bond donors (Lipinski definition) is 1. The number of anilines is 1. The van der Waals surface area contributed by atoms with Gasteiger partial charge in [0, 0.05) is 11.6 Å². The van der Waals surface area contributed by atoms with Gasteiger partial charge in [0.1, 0.15) is 9.55 Å². The summed E-state index contributed by atoms with van der Waals surface area (Å²) in [4.78, 5) is 26.8. The summed E-state index contributed by atoms with van der Waals surface area (Å²) in [5.41, 5.74) is 6.16. The summed E-state index contributed by atoms with van der Waals surface area (Å²) >= 11 is 1.10. The minimum absolute atomic E-state index is 0.218. The summed E-state index contributed by atoms with van der Waals surface area (Å²) in [6.07, 6.45) is 1.93. The molecule has 0 atom stereocenters. The van der Waals surface area contributed by atoms with Gasteiger partial charge in [0.25, 0.3) is 5.91 Å². The summed E-state index contributed by atoms with van der Waals surface area (Å²) in [5.74, 6) is -0.681. The maximum Gasteiger partial charge on any atom is 0.350 e. The quantitative estimate of drug-likeness (QED) is 0.726. The van der Waals surface area contributed by atoms with E-state index in [1.807, 2.05) is 0 Å². The number of ether oxygens (including phenoxy) is 1. The summed E-state index contributed by atoms with van der Waals surface area (Å²) in [6.45, 7) is 2.02.